The van der Waals surface area contributed by atoms with Gasteiger partial charge in [0.2, 0.25) is 0 Å². The number of anilines is 1. The van der Waals surface area contributed by atoms with Crippen LogP contribution in [0, 0.1) is 18.3 Å². The molecule has 1 amide bonds. The van der Waals surface area contributed by atoms with Gasteiger partial charge in [-0.2, -0.15) is 5.26 Å². The number of hydrogen-bond donors (Lipinski definition) is 1. The standard InChI is InChI=1S/C20H22N4O/c1-15(2)24(14-17-7-5-4-6-8-17)20(25)18(11-21)13-23-19-10-9-16(3)12-22-19/h4-10,12-13,15H,14H2,1-3H3,(H,22,23)/b18-13-. The minimum atomic E-state index is -0.305. The van der Waals surface area contributed by atoms with Crippen LogP contribution in [0.4, 0.5) is 5.82 Å². The summed E-state index contributed by atoms with van der Waals surface area (Å²) in [6.45, 7) is 6.27. The van der Waals surface area contributed by atoms with E-state index in [1.807, 2.05) is 63.2 Å². The van der Waals surface area contributed by atoms with Crippen molar-refractivity contribution < 1.29 is 4.79 Å². The van der Waals surface area contributed by atoms with E-state index in [-0.39, 0.29) is 17.5 Å². The van der Waals surface area contributed by atoms with Crippen LogP contribution in [-0.4, -0.2) is 21.8 Å². The second-order valence-electron chi connectivity index (χ2n) is 6.05. The summed E-state index contributed by atoms with van der Waals surface area (Å²) in [6, 6.07) is 15.4. The van der Waals surface area contributed by atoms with Gasteiger partial charge < -0.3 is 10.2 Å². The first-order chi connectivity index (χ1) is 12.0. The summed E-state index contributed by atoms with van der Waals surface area (Å²) in [5, 5.41) is 12.3. The minimum absolute atomic E-state index is 0.0260. The summed E-state index contributed by atoms with van der Waals surface area (Å²) in [5.74, 6) is 0.284. The van der Waals surface area contributed by atoms with E-state index in [1.165, 1.54) is 6.20 Å². The summed E-state index contributed by atoms with van der Waals surface area (Å²) in [5.41, 5.74) is 2.11. The normalized spacial score (nSPS) is 11.1. The molecular weight excluding hydrogens is 312 g/mol. The van der Waals surface area contributed by atoms with E-state index in [9.17, 15) is 10.1 Å². The predicted octanol–water partition coefficient (Wildman–Crippen LogP) is 3.65. The average molecular weight is 334 g/mol. The minimum Gasteiger partial charge on any atom is -0.345 e. The largest absolute Gasteiger partial charge is 0.345 e. The fourth-order valence-electron chi connectivity index (χ4n) is 2.26. The quantitative estimate of drug-likeness (QED) is 0.647. The summed E-state index contributed by atoms with van der Waals surface area (Å²) < 4.78 is 0. The number of rotatable bonds is 6. The molecule has 0 radical (unpaired) electrons. The van der Waals surface area contributed by atoms with Crippen LogP contribution in [0.5, 0.6) is 0 Å². The Balaban J connectivity index is 2.15. The van der Waals surface area contributed by atoms with Crippen molar-refractivity contribution in [3.63, 3.8) is 0 Å². The number of carbonyl (C=O) groups excluding carboxylic acids is 1. The number of pyridine rings is 1. The van der Waals surface area contributed by atoms with E-state index in [2.05, 4.69) is 10.3 Å². The highest BCUT2D eigenvalue weighted by Gasteiger charge is 2.21. The van der Waals surface area contributed by atoms with Crippen molar-refractivity contribution in [1.82, 2.24) is 9.88 Å². The van der Waals surface area contributed by atoms with Gasteiger partial charge in [0.1, 0.15) is 17.5 Å². The third kappa shape index (κ3) is 5.18. The number of benzene rings is 1. The van der Waals surface area contributed by atoms with Gasteiger partial charge in [-0.15, -0.1) is 0 Å². The third-order valence-corrected chi connectivity index (χ3v) is 3.71. The first-order valence-electron chi connectivity index (χ1n) is 8.15. The van der Waals surface area contributed by atoms with E-state index >= 15 is 0 Å². The number of nitrogens with zero attached hydrogens (tertiary/aromatic N) is 3. The van der Waals surface area contributed by atoms with Crippen molar-refractivity contribution in [1.29, 1.82) is 5.26 Å². The highest BCUT2D eigenvalue weighted by atomic mass is 16.2. The maximum atomic E-state index is 12.8. The maximum Gasteiger partial charge on any atom is 0.266 e. The van der Waals surface area contributed by atoms with Crippen LogP contribution in [0.2, 0.25) is 0 Å². The molecule has 0 aliphatic heterocycles. The summed E-state index contributed by atoms with van der Waals surface area (Å²) in [7, 11) is 0. The van der Waals surface area contributed by atoms with Crippen molar-refractivity contribution in [3.8, 4) is 6.07 Å². The topological polar surface area (TPSA) is 69.0 Å². The Labute approximate surface area is 148 Å². The van der Waals surface area contributed by atoms with Gasteiger partial charge in [0.25, 0.3) is 5.91 Å². The molecule has 0 spiro atoms. The molecule has 5 heteroatoms. The van der Waals surface area contributed by atoms with Gasteiger partial charge in [-0.05, 0) is 38.0 Å². The maximum absolute atomic E-state index is 12.8. The molecule has 128 valence electrons. The molecule has 0 aliphatic carbocycles. The second kappa shape index (κ2) is 8.65. The second-order valence-corrected chi connectivity index (χ2v) is 6.05. The monoisotopic (exact) mass is 334 g/mol. The highest BCUT2D eigenvalue weighted by molar-refractivity contribution is 5.97. The molecule has 2 aromatic rings. The molecule has 0 saturated heterocycles. The molecule has 0 unspecified atom stereocenters. The van der Waals surface area contributed by atoms with E-state index in [0.29, 0.717) is 12.4 Å². The van der Waals surface area contributed by atoms with Gasteiger partial charge in [-0.25, -0.2) is 4.98 Å². The van der Waals surface area contributed by atoms with E-state index in [1.54, 1.807) is 17.2 Å². The molecule has 0 bridgehead atoms. The molecule has 1 N–H and O–H groups in total. The Kier molecular flexibility index (Phi) is 6.30. The number of aromatic nitrogens is 1. The van der Waals surface area contributed by atoms with E-state index in [0.717, 1.165) is 11.1 Å². The van der Waals surface area contributed by atoms with Crippen LogP contribution in [0.3, 0.4) is 0 Å². The van der Waals surface area contributed by atoms with Crippen LogP contribution < -0.4 is 5.32 Å². The van der Waals surface area contributed by atoms with Crippen LogP contribution in [0.25, 0.3) is 0 Å². The van der Waals surface area contributed by atoms with Gasteiger partial charge in [-0.3, -0.25) is 4.79 Å². The van der Waals surface area contributed by atoms with E-state index in [4.69, 9.17) is 0 Å². The molecule has 2 rings (SSSR count). The molecule has 25 heavy (non-hydrogen) atoms. The zero-order chi connectivity index (χ0) is 18.2. The molecule has 1 aromatic heterocycles. The zero-order valence-corrected chi connectivity index (χ0v) is 14.7. The number of hydrogen-bond acceptors (Lipinski definition) is 4. The smallest absolute Gasteiger partial charge is 0.266 e. The Hall–Kier alpha value is -3.13. The van der Waals surface area contributed by atoms with E-state index < -0.39 is 0 Å². The molecule has 0 aliphatic rings. The molecule has 5 nitrogen and oxygen atoms in total. The predicted molar refractivity (Wildman–Crippen MR) is 98.4 cm³/mol. The lowest BCUT2D eigenvalue weighted by atomic mass is 10.1. The molecule has 0 saturated carbocycles. The number of carbonyl (C=O) groups is 1. The number of nitrogens with one attached hydrogen (secondary N) is 1. The summed E-state index contributed by atoms with van der Waals surface area (Å²) in [4.78, 5) is 18.6. The van der Waals surface area contributed by atoms with Crippen molar-refractivity contribution in [3.05, 3.63) is 71.6 Å². The molecule has 1 aromatic carbocycles. The Bertz CT molecular complexity index is 774. The van der Waals surface area contributed by atoms with Crippen molar-refractivity contribution >= 4 is 11.7 Å². The van der Waals surface area contributed by atoms with Gasteiger partial charge in [-0.1, -0.05) is 36.4 Å². The fraction of sp³-hybridized carbons (Fsp3) is 0.250. The lowest BCUT2D eigenvalue weighted by Gasteiger charge is -2.26. The number of nitriles is 1. The van der Waals surface area contributed by atoms with Crippen LogP contribution in [0.15, 0.2) is 60.4 Å². The average Bonchev–Trinajstić information content (AvgIpc) is 2.62. The molecule has 0 atom stereocenters. The first kappa shape index (κ1) is 18.2. The van der Waals surface area contributed by atoms with Gasteiger partial charge >= 0.3 is 0 Å². The van der Waals surface area contributed by atoms with Crippen molar-refractivity contribution in [2.75, 3.05) is 5.32 Å². The highest BCUT2D eigenvalue weighted by Crippen LogP contribution is 2.13. The van der Waals surface area contributed by atoms with Crippen LogP contribution in [0.1, 0.15) is 25.0 Å². The third-order valence-electron chi connectivity index (χ3n) is 3.71. The fourth-order valence-corrected chi connectivity index (χ4v) is 2.26. The number of amides is 1. The van der Waals surface area contributed by atoms with Crippen LogP contribution >= 0.6 is 0 Å². The first-order valence-corrected chi connectivity index (χ1v) is 8.15. The Morgan fingerprint density at radius 2 is 2.00 bits per heavy atom. The molecule has 1 heterocycles. The van der Waals surface area contributed by atoms with Crippen molar-refractivity contribution in [2.24, 2.45) is 0 Å². The number of aryl methyl sites for hydroxylation is 1. The van der Waals surface area contributed by atoms with Gasteiger partial charge in [0, 0.05) is 25.0 Å². The van der Waals surface area contributed by atoms with Gasteiger partial charge in [0.15, 0.2) is 0 Å². The summed E-state index contributed by atoms with van der Waals surface area (Å²) in [6.07, 6.45) is 3.14. The molecular formula is C20H22N4O. The molecule has 0 fully saturated rings. The SMILES string of the molecule is Cc1ccc(N/C=C(/C#N)C(=O)N(Cc2ccccc2)C(C)C)nc1. The Morgan fingerprint density at radius 1 is 1.28 bits per heavy atom. The lowest BCUT2D eigenvalue weighted by Crippen LogP contribution is -2.37. The zero-order valence-electron chi connectivity index (χ0n) is 14.7. The van der Waals surface area contributed by atoms with Crippen molar-refractivity contribution in [2.45, 2.75) is 33.4 Å². The Morgan fingerprint density at radius 3 is 2.56 bits per heavy atom. The van der Waals surface area contributed by atoms with Gasteiger partial charge in [0.05, 0.1) is 0 Å². The summed E-state index contributed by atoms with van der Waals surface area (Å²) >= 11 is 0. The van der Waals surface area contributed by atoms with Crippen LogP contribution in [-0.2, 0) is 11.3 Å². The lowest BCUT2D eigenvalue weighted by molar-refractivity contribution is -0.129.